The molecule has 0 heterocycles. The number of rotatable bonds is 6. The minimum atomic E-state index is 0.365. The van der Waals surface area contributed by atoms with E-state index < -0.39 is 0 Å². The molecule has 0 aromatic heterocycles. The lowest BCUT2D eigenvalue weighted by Crippen LogP contribution is -2.36. The summed E-state index contributed by atoms with van der Waals surface area (Å²) in [6, 6.07) is 9.25. The number of benzene rings is 1. The van der Waals surface area contributed by atoms with E-state index in [2.05, 4.69) is 45.0 Å². The highest BCUT2D eigenvalue weighted by Crippen LogP contribution is 2.42. The number of hydrogen-bond acceptors (Lipinski definition) is 1. The van der Waals surface area contributed by atoms with Gasteiger partial charge in [-0.25, -0.2) is 0 Å². The van der Waals surface area contributed by atoms with Crippen molar-refractivity contribution in [2.24, 2.45) is 17.1 Å². The summed E-state index contributed by atoms with van der Waals surface area (Å²) in [5.74, 6) is 1.57. The summed E-state index contributed by atoms with van der Waals surface area (Å²) >= 11 is 0. The smallest absolute Gasteiger partial charge is 0.00173 e. The van der Waals surface area contributed by atoms with Crippen LogP contribution in [0.3, 0.4) is 0 Å². The lowest BCUT2D eigenvalue weighted by atomic mass is 9.67. The highest BCUT2D eigenvalue weighted by molar-refractivity contribution is 5.25. The molecule has 0 atom stereocenters. The summed E-state index contributed by atoms with van der Waals surface area (Å²) in [6.45, 7) is 7.66. The van der Waals surface area contributed by atoms with Crippen LogP contribution in [0.5, 0.6) is 0 Å². The summed E-state index contributed by atoms with van der Waals surface area (Å²) in [4.78, 5) is 0. The van der Waals surface area contributed by atoms with Crippen molar-refractivity contribution in [3.63, 3.8) is 0 Å². The minimum absolute atomic E-state index is 0.365. The Labute approximate surface area is 131 Å². The van der Waals surface area contributed by atoms with E-state index in [9.17, 15) is 0 Å². The lowest BCUT2D eigenvalue weighted by molar-refractivity contribution is 0.151. The summed E-state index contributed by atoms with van der Waals surface area (Å²) in [7, 11) is 0. The second kappa shape index (κ2) is 7.45. The molecule has 0 unspecified atom stereocenters. The Morgan fingerprint density at radius 3 is 2.24 bits per heavy atom. The Kier molecular flexibility index (Phi) is 5.87. The fraction of sp³-hybridized carbons (Fsp3) is 0.700. The maximum absolute atomic E-state index is 6.18. The molecule has 118 valence electrons. The predicted molar refractivity (Wildman–Crippen MR) is 92.6 cm³/mol. The van der Waals surface area contributed by atoms with Crippen LogP contribution in [-0.2, 0) is 6.42 Å². The van der Waals surface area contributed by atoms with Crippen LogP contribution in [0.1, 0.15) is 76.3 Å². The van der Waals surface area contributed by atoms with Gasteiger partial charge in [-0.2, -0.15) is 0 Å². The van der Waals surface area contributed by atoms with E-state index in [4.69, 9.17) is 5.73 Å². The van der Waals surface area contributed by atoms with E-state index in [1.165, 1.54) is 56.1 Å². The molecule has 1 nitrogen and oxygen atoms in total. The minimum Gasteiger partial charge on any atom is -0.330 e. The Hall–Kier alpha value is -0.820. The van der Waals surface area contributed by atoms with E-state index in [0.29, 0.717) is 11.3 Å². The third kappa shape index (κ3) is 4.32. The topological polar surface area (TPSA) is 26.0 Å². The summed E-state index contributed by atoms with van der Waals surface area (Å²) in [5, 5.41) is 0. The van der Waals surface area contributed by atoms with Crippen LogP contribution in [0.15, 0.2) is 24.3 Å². The first-order valence-corrected chi connectivity index (χ1v) is 8.87. The lowest BCUT2D eigenvalue weighted by Gasteiger charge is -2.40. The van der Waals surface area contributed by atoms with Crippen molar-refractivity contribution in [1.29, 1.82) is 0 Å². The molecule has 0 aliphatic heterocycles. The van der Waals surface area contributed by atoms with E-state index in [1.54, 1.807) is 0 Å². The quantitative estimate of drug-likeness (QED) is 0.756. The Morgan fingerprint density at radius 1 is 1.14 bits per heavy atom. The van der Waals surface area contributed by atoms with Crippen LogP contribution in [0.2, 0.25) is 0 Å². The molecule has 1 heteroatoms. The van der Waals surface area contributed by atoms with Crippen LogP contribution in [-0.4, -0.2) is 6.54 Å². The molecule has 1 aromatic carbocycles. The molecule has 0 saturated heterocycles. The van der Waals surface area contributed by atoms with Gasteiger partial charge >= 0.3 is 0 Å². The molecule has 0 spiro atoms. The summed E-state index contributed by atoms with van der Waals surface area (Å²) in [6.07, 6.45) is 9.31. The SMILES string of the molecule is CCCC1CCC(CN)(Cc2ccc(C(C)C)cc2)CC1. The molecule has 21 heavy (non-hydrogen) atoms. The zero-order valence-electron chi connectivity index (χ0n) is 14.2. The molecule has 0 radical (unpaired) electrons. The standard InChI is InChI=1S/C20H33N/c1-4-5-17-10-12-20(15-21,13-11-17)14-18-6-8-19(9-7-18)16(2)3/h6-9,16-17H,4-5,10-15,21H2,1-3H3. The Balaban J connectivity index is 1.99. The van der Waals surface area contributed by atoms with Crippen molar-refractivity contribution in [2.45, 2.75) is 71.6 Å². The molecule has 1 saturated carbocycles. The number of hydrogen-bond donors (Lipinski definition) is 1. The van der Waals surface area contributed by atoms with Gasteiger partial charge in [-0.15, -0.1) is 0 Å². The fourth-order valence-electron chi connectivity index (χ4n) is 3.89. The van der Waals surface area contributed by atoms with Gasteiger partial charge in [0.15, 0.2) is 0 Å². The molecule has 1 aromatic rings. The maximum Gasteiger partial charge on any atom is -0.00173 e. The second-order valence-corrected chi connectivity index (χ2v) is 7.51. The van der Waals surface area contributed by atoms with Gasteiger partial charge in [0, 0.05) is 0 Å². The van der Waals surface area contributed by atoms with Gasteiger partial charge in [-0.05, 0) is 67.0 Å². The second-order valence-electron chi connectivity index (χ2n) is 7.51. The van der Waals surface area contributed by atoms with E-state index in [-0.39, 0.29) is 0 Å². The molecular formula is C20H33N. The molecular weight excluding hydrogens is 254 g/mol. The van der Waals surface area contributed by atoms with E-state index >= 15 is 0 Å². The zero-order valence-corrected chi connectivity index (χ0v) is 14.2. The zero-order chi connectivity index (χ0) is 15.3. The van der Waals surface area contributed by atoms with Gasteiger partial charge in [0.25, 0.3) is 0 Å². The number of nitrogens with two attached hydrogens (primary N) is 1. The van der Waals surface area contributed by atoms with Crippen LogP contribution >= 0.6 is 0 Å². The average molecular weight is 287 g/mol. The third-order valence-corrected chi connectivity index (χ3v) is 5.52. The summed E-state index contributed by atoms with van der Waals surface area (Å²) in [5.41, 5.74) is 9.46. The van der Waals surface area contributed by atoms with Crippen molar-refractivity contribution < 1.29 is 0 Å². The summed E-state index contributed by atoms with van der Waals surface area (Å²) < 4.78 is 0. The van der Waals surface area contributed by atoms with Crippen molar-refractivity contribution >= 4 is 0 Å². The first-order chi connectivity index (χ1) is 10.1. The maximum atomic E-state index is 6.18. The van der Waals surface area contributed by atoms with Gasteiger partial charge in [0.05, 0.1) is 0 Å². The first-order valence-electron chi connectivity index (χ1n) is 8.87. The van der Waals surface area contributed by atoms with Gasteiger partial charge in [-0.1, -0.05) is 57.9 Å². The Morgan fingerprint density at radius 2 is 1.76 bits per heavy atom. The molecule has 2 N–H and O–H groups in total. The fourth-order valence-corrected chi connectivity index (χ4v) is 3.89. The molecule has 2 rings (SSSR count). The van der Waals surface area contributed by atoms with Gasteiger partial charge in [-0.3, -0.25) is 0 Å². The monoisotopic (exact) mass is 287 g/mol. The normalized spacial score (nSPS) is 26.2. The molecule has 1 aliphatic rings. The van der Waals surface area contributed by atoms with Gasteiger partial charge < -0.3 is 5.73 Å². The average Bonchev–Trinajstić information content (AvgIpc) is 2.50. The van der Waals surface area contributed by atoms with Crippen molar-refractivity contribution in [3.8, 4) is 0 Å². The van der Waals surface area contributed by atoms with E-state index in [0.717, 1.165) is 12.5 Å². The molecule has 1 aliphatic carbocycles. The third-order valence-electron chi connectivity index (χ3n) is 5.52. The first kappa shape index (κ1) is 16.5. The highest BCUT2D eigenvalue weighted by Gasteiger charge is 2.33. The van der Waals surface area contributed by atoms with Gasteiger partial charge in [0.2, 0.25) is 0 Å². The van der Waals surface area contributed by atoms with Crippen molar-refractivity contribution in [2.75, 3.05) is 6.54 Å². The van der Waals surface area contributed by atoms with Crippen LogP contribution in [0.4, 0.5) is 0 Å². The van der Waals surface area contributed by atoms with Crippen LogP contribution in [0.25, 0.3) is 0 Å². The van der Waals surface area contributed by atoms with Crippen molar-refractivity contribution in [1.82, 2.24) is 0 Å². The van der Waals surface area contributed by atoms with E-state index in [1.807, 2.05) is 0 Å². The predicted octanol–water partition coefficient (Wildman–Crippen LogP) is 5.29. The van der Waals surface area contributed by atoms with Crippen LogP contribution < -0.4 is 5.73 Å². The van der Waals surface area contributed by atoms with Crippen molar-refractivity contribution in [3.05, 3.63) is 35.4 Å². The largest absolute Gasteiger partial charge is 0.330 e. The Bertz CT molecular complexity index is 410. The molecule has 0 bridgehead atoms. The highest BCUT2D eigenvalue weighted by atomic mass is 14.6. The molecule has 1 fully saturated rings. The molecule has 0 amide bonds. The van der Waals surface area contributed by atoms with Gasteiger partial charge in [0.1, 0.15) is 0 Å². The van der Waals surface area contributed by atoms with Crippen LogP contribution in [0, 0.1) is 11.3 Å².